The molecule has 0 saturated carbocycles. The van der Waals surface area contributed by atoms with Gasteiger partial charge in [-0.25, -0.2) is 4.39 Å². The first-order valence-electron chi connectivity index (χ1n) is 8.50. The predicted molar refractivity (Wildman–Crippen MR) is 97.9 cm³/mol. The van der Waals surface area contributed by atoms with Crippen molar-refractivity contribution in [3.63, 3.8) is 0 Å². The van der Waals surface area contributed by atoms with E-state index in [0.717, 1.165) is 5.56 Å². The van der Waals surface area contributed by atoms with Gasteiger partial charge in [0.2, 0.25) is 0 Å². The van der Waals surface area contributed by atoms with Gasteiger partial charge in [-0.3, -0.25) is 4.79 Å². The number of esters is 1. The van der Waals surface area contributed by atoms with Gasteiger partial charge < -0.3 is 9.57 Å². The van der Waals surface area contributed by atoms with Gasteiger partial charge in [0.05, 0.1) is 12.0 Å². The minimum Gasteiger partial charge on any atom is -0.465 e. The van der Waals surface area contributed by atoms with Gasteiger partial charge in [-0.05, 0) is 31.0 Å². The molecule has 0 aliphatic rings. The number of carbonyl (C=O) groups is 1. The highest BCUT2D eigenvalue weighted by Gasteiger charge is 2.31. The van der Waals surface area contributed by atoms with Crippen molar-refractivity contribution in [2.45, 2.75) is 26.7 Å². The Labute approximate surface area is 157 Å². The lowest BCUT2D eigenvalue weighted by molar-refractivity contribution is -0.760. The quantitative estimate of drug-likeness (QED) is 0.389. The van der Waals surface area contributed by atoms with Crippen LogP contribution in [0.1, 0.15) is 32.3 Å². The number of halogens is 1. The molecule has 2 aromatic carbocycles. The van der Waals surface area contributed by atoms with E-state index in [-0.39, 0.29) is 18.3 Å². The van der Waals surface area contributed by atoms with Crippen molar-refractivity contribution in [3.8, 4) is 11.1 Å². The van der Waals surface area contributed by atoms with Gasteiger partial charge in [-0.15, -0.1) is 10.1 Å². The molecule has 0 saturated heterocycles. The summed E-state index contributed by atoms with van der Waals surface area (Å²) in [6.07, 6.45) is 0. The van der Waals surface area contributed by atoms with E-state index >= 15 is 0 Å². The van der Waals surface area contributed by atoms with E-state index < -0.39 is 23.1 Å². The second-order valence-corrected chi connectivity index (χ2v) is 6.99. The molecule has 0 N–H and O–H groups in total. The fraction of sp³-hybridized carbons (Fsp3) is 0.350. The largest absolute Gasteiger partial charge is 0.465 e. The lowest BCUT2D eigenvalue weighted by atomic mass is 9.95. The highest BCUT2D eigenvalue weighted by molar-refractivity contribution is 5.76. The van der Waals surface area contributed by atoms with Crippen LogP contribution in [-0.4, -0.2) is 24.3 Å². The monoisotopic (exact) mass is 375 g/mol. The molecule has 6 nitrogen and oxygen atoms in total. The SMILES string of the molecule is CC(COC(=O)C(C)(C)CO[N+](=O)[O-])c1ccc(-c2ccccc2)c(F)c1. The van der Waals surface area contributed by atoms with Crippen LogP contribution in [-0.2, 0) is 14.4 Å². The third-order valence-corrected chi connectivity index (χ3v) is 4.19. The van der Waals surface area contributed by atoms with Crippen molar-refractivity contribution in [2.24, 2.45) is 5.41 Å². The van der Waals surface area contributed by atoms with Crippen molar-refractivity contribution >= 4 is 5.97 Å². The maximum atomic E-state index is 14.5. The Morgan fingerprint density at radius 3 is 2.48 bits per heavy atom. The Balaban J connectivity index is 2.00. The molecule has 2 aromatic rings. The van der Waals surface area contributed by atoms with Crippen LogP contribution >= 0.6 is 0 Å². The molecule has 2 rings (SSSR count). The van der Waals surface area contributed by atoms with Crippen molar-refractivity contribution in [1.29, 1.82) is 0 Å². The zero-order valence-electron chi connectivity index (χ0n) is 15.5. The molecule has 0 aromatic heterocycles. The van der Waals surface area contributed by atoms with Crippen LogP contribution in [0.5, 0.6) is 0 Å². The standard InChI is InChI=1S/C20H22FNO5/c1-14(12-26-19(23)20(2,3)13-27-22(24)25)16-9-10-17(18(21)11-16)15-7-5-4-6-8-15/h4-11,14H,12-13H2,1-3H3. The molecule has 0 amide bonds. The van der Waals surface area contributed by atoms with E-state index in [0.29, 0.717) is 11.1 Å². The van der Waals surface area contributed by atoms with Crippen molar-refractivity contribution in [1.82, 2.24) is 0 Å². The summed E-state index contributed by atoms with van der Waals surface area (Å²) in [4.78, 5) is 26.7. The first kappa shape index (κ1) is 20.4. The van der Waals surface area contributed by atoms with Gasteiger partial charge >= 0.3 is 5.97 Å². The van der Waals surface area contributed by atoms with Crippen LogP contribution in [0.25, 0.3) is 11.1 Å². The summed E-state index contributed by atoms with van der Waals surface area (Å²) in [5, 5.41) is 9.33. The number of hydrogen-bond donors (Lipinski definition) is 0. The first-order valence-corrected chi connectivity index (χ1v) is 8.50. The van der Waals surface area contributed by atoms with Gasteiger partial charge in [0.1, 0.15) is 12.4 Å². The second-order valence-electron chi connectivity index (χ2n) is 6.99. The number of nitrogens with zero attached hydrogens (tertiary/aromatic N) is 1. The lowest BCUT2D eigenvalue weighted by Gasteiger charge is -2.22. The zero-order valence-corrected chi connectivity index (χ0v) is 15.5. The van der Waals surface area contributed by atoms with Crippen LogP contribution in [0.4, 0.5) is 4.39 Å². The summed E-state index contributed by atoms with van der Waals surface area (Å²) >= 11 is 0. The fourth-order valence-electron chi connectivity index (χ4n) is 2.45. The van der Waals surface area contributed by atoms with Crippen LogP contribution in [0, 0.1) is 21.3 Å². The Kier molecular flexibility index (Phi) is 6.50. The highest BCUT2D eigenvalue weighted by atomic mass is 19.1. The summed E-state index contributed by atoms with van der Waals surface area (Å²) < 4.78 is 19.7. The molecule has 0 fully saturated rings. The lowest BCUT2D eigenvalue weighted by Crippen LogP contribution is -2.33. The van der Waals surface area contributed by atoms with Crippen LogP contribution in [0.3, 0.4) is 0 Å². The Morgan fingerprint density at radius 1 is 1.22 bits per heavy atom. The topological polar surface area (TPSA) is 78.7 Å². The third-order valence-electron chi connectivity index (χ3n) is 4.19. The normalized spacial score (nSPS) is 12.3. The zero-order chi connectivity index (χ0) is 20.0. The Hall–Kier alpha value is -2.96. The van der Waals surface area contributed by atoms with E-state index in [2.05, 4.69) is 4.84 Å². The average molecular weight is 375 g/mol. The molecular weight excluding hydrogens is 353 g/mol. The first-order chi connectivity index (χ1) is 12.7. The molecule has 0 aliphatic heterocycles. The summed E-state index contributed by atoms with van der Waals surface area (Å²) in [6, 6.07) is 14.1. The van der Waals surface area contributed by atoms with Crippen molar-refractivity contribution < 1.29 is 23.8 Å². The van der Waals surface area contributed by atoms with E-state index in [1.54, 1.807) is 12.1 Å². The number of benzene rings is 2. The van der Waals surface area contributed by atoms with Crippen molar-refractivity contribution in [3.05, 3.63) is 70.0 Å². The van der Waals surface area contributed by atoms with Crippen LogP contribution < -0.4 is 0 Å². The van der Waals surface area contributed by atoms with Gasteiger partial charge in [0.15, 0.2) is 0 Å². The molecule has 0 aliphatic carbocycles. The minimum atomic E-state index is -1.16. The summed E-state index contributed by atoms with van der Waals surface area (Å²) in [5.41, 5.74) is 0.823. The molecule has 0 bridgehead atoms. The average Bonchev–Trinajstić information content (AvgIpc) is 2.64. The number of carbonyl (C=O) groups excluding carboxylic acids is 1. The summed E-state index contributed by atoms with van der Waals surface area (Å²) in [6.45, 7) is 4.44. The second kappa shape index (κ2) is 8.62. The molecule has 1 atom stereocenters. The molecular formula is C20H22FNO5. The van der Waals surface area contributed by atoms with Gasteiger partial charge in [-0.1, -0.05) is 49.4 Å². The molecule has 0 heterocycles. The molecule has 7 heteroatoms. The molecule has 0 spiro atoms. The molecule has 1 unspecified atom stereocenters. The van der Waals surface area contributed by atoms with E-state index in [4.69, 9.17) is 4.74 Å². The smallest absolute Gasteiger partial charge is 0.313 e. The summed E-state index contributed by atoms with van der Waals surface area (Å²) in [5.74, 6) is -1.20. The van der Waals surface area contributed by atoms with E-state index in [9.17, 15) is 19.3 Å². The van der Waals surface area contributed by atoms with E-state index in [1.165, 1.54) is 19.9 Å². The number of ether oxygens (including phenoxy) is 1. The molecule has 0 radical (unpaired) electrons. The van der Waals surface area contributed by atoms with Gasteiger partial charge in [0, 0.05) is 11.5 Å². The third kappa shape index (κ3) is 5.51. The Morgan fingerprint density at radius 2 is 1.89 bits per heavy atom. The minimum absolute atomic E-state index is 0.0326. The van der Waals surface area contributed by atoms with Crippen molar-refractivity contribution in [2.75, 3.05) is 13.2 Å². The fourth-order valence-corrected chi connectivity index (χ4v) is 2.45. The molecule has 144 valence electrons. The maximum Gasteiger partial charge on any atom is 0.313 e. The van der Waals surface area contributed by atoms with Gasteiger partial charge in [-0.2, -0.15) is 0 Å². The number of hydrogen-bond acceptors (Lipinski definition) is 5. The molecule has 27 heavy (non-hydrogen) atoms. The van der Waals surface area contributed by atoms with Gasteiger partial charge in [0.25, 0.3) is 5.09 Å². The number of rotatable bonds is 8. The van der Waals surface area contributed by atoms with Crippen LogP contribution in [0.15, 0.2) is 48.5 Å². The van der Waals surface area contributed by atoms with Crippen LogP contribution in [0.2, 0.25) is 0 Å². The summed E-state index contributed by atoms with van der Waals surface area (Å²) in [7, 11) is 0. The van der Waals surface area contributed by atoms with E-state index in [1.807, 2.05) is 37.3 Å². The maximum absolute atomic E-state index is 14.5. The highest BCUT2D eigenvalue weighted by Crippen LogP contribution is 2.27. The predicted octanol–water partition coefficient (Wildman–Crippen LogP) is 4.37. The Bertz CT molecular complexity index is 807.